The van der Waals surface area contributed by atoms with Crippen LogP contribution in [0.1, 0.15) is 47.2 Å². The molecule has 0 N–H and O–H groups in total. The normalized spacial score (nSPS) is 20.4. The van der Waals surface area contributed by atoms with Gasteiger partial charge in [-0.1, -0.05) is 23.2 Å². The van der Waals surface area contributed by atoms with Crippen LogP contribution in [0.2, 0.25) is 10.0 Å². The molecule has 1 aliphatic heterocycles. The van der Waals surface area contributed by atoms with Gasteiger partial charge in [0.15, 0.2) is 11.5 Å². The van der Waals surface area contributed by atoms with Crippen molar-refractivity contribution in [2.75, 3.05) is 13.1 Å². The van der Waals surface area contributed by atoms with Crippen LogP contribution in [0.4, 0.5) is 8.78 Å². The highest BCUT2D eigenvalue weighted by Crippen LogP contribution is 2.50. The number of rotatable bonds is 7. The first-order chi connectivity index (χ1) is 17.3. The molecule has 0 spiro atoms. The number of halogens is 4. The highest BCUT2D eigenvalue weighted by Gasteiger charge is 2.48. The number of ether oxygens (including phenoxy) is 2. The van der Waals surface area contributed by atoms with Crippen LogP contribution < -0.4 is 9.47 Å². The highest BCUT2D eigenvalue weighted by atomic mass is 35.5. The van der Waals surface area contributed by atoms with Crippen LogP contribution in [0.5, 0.6) is 11.5 Å². The van der Waals surface area contributed by atoms with Crippen LogP contribution in [0.25, 0.3) is 0 Å². The van der Waals surface area contributed by atoms with Crippen LogP contribution in [0, 0.1) is 23.5 Å². The van der Waals surface area contributed by atoms with Gasteiger partial charge in [-0.15, -0.1) is 0 Å². The van der Waals surface area contributed by atoms with Gasteiger partial charge in [-0.3, -0.25) is 4.79 Å². The minimum absolute atomic E-state index is 0.0595. The van der Waals surface area contributed by atoms with E-state index in [1.165, 1.54) is 36.4 Å². The van der Waals surface area contributed by atoms with E-state index in [-0.39, 0.29) is 28.0 Å². The molecule has 2 aliphatic carbocycles. The molecule has 8 heteroatoms. The lowest BCUT2D eigenvalue weighted by atomic mass is 9.97. The lowest BCUT2D eigenvalue weighted by molar-refractivity contribution is -0.0459. The molecular formula is C28H23Cl2F2NO3. The molecule has 186 valence electrons. The van der Waals surface area contributed by atoms with E-state index in [0.29, 0.717) is 41.1 Å². The van der Waals surface area contributed by atoms with Crippen molar-refractivity contribution in [2.24, 2.45) is 11.8 Å². The summed E-state index contributed by atoms with van der Waals surface area (Å²) >= 11 is 12.6. The van der Waals surface area contributed by atoms with Crippen molar-refractivity contribution in [2.45, 2.75) is 31.5 Å². The summed E-state index contributed by atoms with van der Waals surface area (Å²) in [7, 11) is 0. The first-order valence-corrected chi connectivity index (χ1v) is 12.8. The van der Waals surface area contributed by atoms with Gasteiger partial charge >= 0.3 is 5.79 Å². The quantitative estimate of drug-likeness (QED) is 0.324. The van der Waals surface area contributed by atoms with Gasteiger partial charge in [0.2, 0.25) is 0 Å². The predicted octanol–water partition coefficient (Wildman–Crippen LogP) is 7.21. The second-order valence-corrected chi connectivity index (χ2v) is 10.7. The van der Waals surface area contributed by atoms with Crippen LogP contribution in [-0.2, 0) is 5.79 Å². The van der Waals surface area contributed by atoms with E-state index in [1.54, 1.807) is 23.1 Å². The number of carbonyl (C=O) groups excluding carboxylic acids is 1. The van der Waals surface area contributed by atoms with Crippen LogP contribution in [0.3, 0.4) is 0 Å². The zero-order valence-corrected chi connectivity index (χ0v) is 20.8. The zero-order chi connectivity index (χ0) is 25.0. The third-order valence-corrected chi connectivity index (χ3v) is 7.47. The van der Waals surface area contributed by atoms with E-state index in [2.05, 4.69) is 0 Å². The van der Waals surface area contributed by atoms with Gasteiger partial charge in [0.1, 0.15) is 11.6 Å². The summed E-state index contributed by atoms with van der Waals surface area (Å²) < 4.78 is 41.6. The highest BCUT2D eigenvalue weighted by molar-refractivity contribution is 6.35. The number of hydrogen-bond acceptors (Lipinski definition) is 3. The molecule has 1 atom stereocenters. The van der Waals surface area contributed by atoms with Crippen molar-refractivity contribution >= 4 is 29.1 Å². The van der Waals surface area contributed by atoms with E-state index in [4.69, 9.17) is 32.7 Å². The van der Waals surface area contributed by atoms with Crippen molar-refractivity contribution in [3.63, 3.8) is 0 Å². The van der Waals surface area contributed by atoms with Gasteiger partial charge in [0, 0.05) is 29.7 Å². The second kappa shape index (κ2) is 8.93. The molecule has 2 saturated carbocycles. The monoisotopic (exact) mass is 529 g/mol. The lowest BCUT2D eigenvalue weighted by Crippen LogP contribution is -2.37. The van der Waals surface area contributed by atoms with Crippen LogP contribution in [0.15, 0.2) is 54.6 Å². The Hall–Kier alpha value is -2.83. The molecule has 4 nitrogen and oxygen atoms in total. The Morgan fingerprint density at radius 2 is 1.50 bits per heavy atom. The Bertz CT molecular complexity index is 1330. The third kappa shape index (κ3) is 4.41. The first-order valence-electron chi connectivity index (χ1n) is 12.0. The topological polar surface area (TPSA) is 38.8 Å². The molecule has 1 heterocycles. The van der Waals surface area contributed by atoms with Crippen LogP contribution >= 0.6 is 23.2 Å². The minimum atomic E-state index is -1.62. The number of benzene rings is 3. The Kier molecular flexibility index (Phi) is 5.84. The molecule has 6 rings (SSSR count). The minimum Gasteiger partial charge on any atom is -0.440 e. The molecule has 1 unspecified atom stereocenters. The summed E-state index contributed by atoms with van der Waals surface area (Å²) in [6, 6.07) is 13.0. The van der Waals surface area contributed by atoms with E-state index < -0.39 is 17.4 Å². The fourth-order valence-electron chi connectivity index (χ4n) is 4.63. The first kappa shape index (κ1) is 23.6. The maximum Gasteiger partial charge on any atom is 0.307 e. The Balaban J connectivity index is 1.39. The van der Waals surface area contributed by atoms with Gasteiger partial charge in [-0.05, 0) is 86.1 Å². The molecule has 3 aliphatic rings. The molecule has 2 fully saturated rings. The molecule has 0 bridgehead atoms. The fourth-order valence-corrected chi connectivity index (χ4v) is 5.17. The second-order valence-electron chi connectivity index (χ2n) is 9.83. The van der Waals surface area contributed by atoms with Crippen LogP contribution in [-0.4, -0.2) is 23.9 Å². The average molecular weight is 530 g/mol. The maximum absolute atomic E-state index is 15.3. The lowest BCUT2D eigenvalue weighted by Gasteiger charge is -2.29. The van der Waals surface area contributed by atoms with E-state index in [1.807, 2.05) is 0 Å². The van der Waals surface area contributed by atoms with E-state index in [9.17, 15) is 9.18 Å². The molecule has 1 amide bonds. The zero-order valence-electron chi connectivity index (χ0n) is 19.3. The number of hydrogen-bond donors (Lipinski definition) is 0. The SMILES string of the molecule is O=C(c1cc2c(cc1F)OC(c1ccc(F)cc1)(c1ccc(Cl)cc1Cl)O2)N(CC1CC1)CC1CC1. The molecule has 3 aromatic carbocycles. The van der Waals surface area contributed by atoms with E-state index >= 15 is 4.39 Å². The Labute approximate surface area is 217 Å². The van der Waals surface area contributed by atoms with Crippen molar-refractivity contribution in [3.05, 3.63) is 93.0 Å². The van der Waals surface area contributed by atoms with Crippen molar-refractivity contribution in [1.82, 2.24) is 4.90 Å². The van der Waals surface area contributed by atoms with Crippen molar-refractivity contribution < 1.29 is 23.0 Å². The summed E-state index contributed by atoms with van der Waals surface area (Å²) in [4.78, 5) is 15.2. The Morgan fingerprint density at radius 3 is 2.08 bits per heavy atom. The number of nitrogens with zero attached hydrogens (tertiary/aromatic N) is 1. The van der Waals surface area contributed by atoms with Gasteiger partial charge < -0.3 is 14.4 Å². The van der Waals surface area contributed by atoms with Gasteiger partial charge in [0.25, 0.3) is 5.91 Å². The largest absolute Gasteiger partial charge is 0.440 e. The molecule has 0 saturated heterocycles. The predicted molar refractivity (Wildman–Crippen MR) is 133 cm³/mol. The molecule has 0 radical (unpaired) electrons. The summed E-state index contributed by atoms with van der Waals surface area (Å²) in [5, 5.41) is 0.676. The summed E-state index contributed by atoms with van der Waals surface area (Å²) in [5.74, 6) is -1.78. The number of amides is 1. The third-order valence-electron chi connectivity index (χ3n) is 6.92. The Morgan fingerprint density at radius 1 is 0.889 bits per heavy atom. The smallest absolute Gasteiger partial charge is 0.307 e. The summed E-state index contributed by atoms with van der Waals surface area (Å²) in [5.41, 5.74) is 0.797. The molecule has 36 heavy (non-hydrogen) atoms. The molecule has 0 aromatic heterocycles. The van der Waals surface area contributed by atoms with Crippen molar-refractivity contribution in [1.29, 1.82) is 0 Å². The average Bonchev–Trinajstić information content (AvgIpc) is 3.78. The fraction of sp³-hybridized carbons (Fsp3) is 0.321. The van der Waals surface area contributed by atoms with Gasteiger partial charge in [0.05, 0.1) is 16.1 Å². The standard InChI is InChI=1S/C28H23Cl2F2NO3/c29-19-7-10-22(23(30)11-19)28(18-5-8-20(31)9-6-18)35-25-12-21(24(32)13-26(25)36-28)27(34)33(14-16-1-2-16)15-17-3-4-17/h5-13,16-17H,1-4,14-15H2. The van der Waals surface area contributed by atoms with Gasteiger partial charge in [-0.25, -0.2) is 8.78 Å². The molecular weight excluding hydrogens is 507 g/mol. The molecule has 3 aromatic rings. The van der Waals surface area contributed by atoms with Gasteiger partial charge in [-0.2, -0.15) is 0 Å². The maximum atomic E-state index is 15.3. The van der Waals surface area contributed by atoms with Crippen molar-refractivity contribution in [3.8, 4) is 11.5 Å². The number of fused-ring (bicyclic) bond motifs is 1. The summed E-state index contributed by atoms with van der Waals surface area (Å²) in [6.07, 6.45) is 4.39. The number of carbonyl (C=O) groups is 1. The summed E-state index contributed by atoms with van der Waals surface area (Å²) in [6.45, 7) is 1.28. The van der Waals surface area contributed by atoms with E-state index in [0.717, 1.165) is 25.7 Å².